The fourth-order valence-electron chi connectivity index (χ4n) is 2.26. The Balaban J connectivity index is 1.80. The van der Waals surface area contributed by atoms with E-state index >= 15 is 0 Å². The number of hydrogen-bond donors (Lipinski definition) is 1. The summed E-state index contributed by atoms with van der Waals surface area (Å²) < 4.78 is 5.80. The molecule has 106 valence electrons. The Hall–Kier alpha value is -2.07. The highest BCUT2D eigenvalue weighted by Gasteiger charge is 2.14. The van der Waals surface area contributed by atoms with Gasteiger partial charge in [-0.3, -0.25) is 4.79 Å². The zero-order valence-electron chi connectivity index (χ0n) is 11.5. The summed E-state index contributed by atoms with van der Waals surface area (Å²) in [5, 5.41) is 5.29. The fraction of sp³-hybridized carbons (Fsp3) is 0.118. The topological polar surface area (TPSA) is 42.2 Å². The zero-order valence-corrected chi connectivity index (χ0v) is 13.1. The maximum absolute atomic E-state index is 12.1. The maximum atomic E-state index is 12.1. The molecule has 1 aromatic heterocycles. The Morgan fingerprint density at radius 1 is 1.10 bits per heavy atom. The lowest BCUT2D eigenvalue weighted by Gasteiger charge is -2.14. The van der Waals surface area contributed by atoms with Gasteiger partial charge in [0.1, 0.15) is 0 Å². The lowest BCUT2D eigenvalue weighted by atomic mass is 10.0. The second-order valence-corrected chi connectivity index (χ2v) is 5.69. The number of rotatable bonds is 3. The molecule has 1 heterocycles. The third kappa shape index (κ3) is 3.00. The summed E-state index contributed by atoms with van der Waals surface area (Å²) in [4.78, 5) is 12.1. The molecule has 2 aromatic carbocycles. The van der Waals surface area contributed by atoms with E-state index in [-0.39, 0.29) is 11.9 Å². The molecule has 0 aliphatic carbocycles. The highest BCUT2D eigenvalue weighted by molar-refractivity contribution is 9.10. The van der Waals surface area contributed by atoms with E-state index < -0.39 is 0 Å². The van der Waals surface area contributed by atoms with Crippen LogP contribution in [0.4, 0.5) is 0 Å². The first-order valence-corrected chi connectivity index (χ1v) is 7.48. The van der Waals surface area contributed by atoms with Gasteiger partial charge < -0.3 is 9.73 Å². The number of halogens is 1. The van der Waals surface area contributed by atoms with Gasteiger partial charge in [-0.05, 0) is 57.4 Å². The molecule has 0 radical (unpaired) electrons. The van der Waals surface area contributed by atoms with Crippen LogP contribution in [0.15, 0.2) is 63.7 Å². The van der Waals surface area contributed by atoms with Crippen molar-refractivity contribution in [1.29, 1.82) is 0 Å². The SMILES string of the molecule is C[C@@H](NC(=O)c1ccc(Br)o1)c1ccc2ccccc2c1. The summed E-state index contributed by atoms with van der Waals surface area (Å²) in [5.74, 6) is 0.0795. The van der Waals surface area contributed by atoms with E-state index in [1.54, 1.807) is 12.1 Å². The van der Waals surface area contributed by atoms with Crippen LogP contribution in [0.2, 0.25) is 0 Å². The molecular weight excluding hydrogens is 330 g/mol. The van der Waals surface area contributed by atoms with Crippen LogP contribution in [0.25, 0.3) is 10.8 Å². The van der Waals surface area contributed by atoms with Crippen LogP contribution in [0.1, 0.15) is 29.1 Å². The molecule has 0 aliphatic heterocycles. The first-order valence-electron chi connectivity index (χ1n) is 6.68. The summed E-state index contributed by atoms with van der Waals surface area (Å²) in [6.45, 7) is 1.96. The van der Waals surface area contributed by atoms with Crippen molar-refractivity contribution in [3.05, 3.63) is 70.6 Å². The number of furan rings is 1. The van der Waals surface area contributed by atoms with Crippen LogP contribution in [0.5, 0.6) is 0 Å². The van der Waals surface area contributed by atoms with Gasteiger partial charge in [-0.25, -0.2) is 0 Å². The maximum Gasteiger partial charge on any atom is 0.287 e. The highest BCUT2D eigenvalue weighted by Crippen LogP contribution is 2.21. The lowest BCUT2D eigenvalue weighted by molar-refractivity contribution is 0.0910. The van der Waals surface area contributed by atoms with Crippen molar-refractivity contribution in [3.8, 4) is 0 Å². The fourth-order valence-corrected chi connectivity index (χ4v) is 2.57. The lowest BCUT2D eigenvalue weighted by Crippen LogP contribution is -2.26. The standard InChI is InChI=1S/C17H14BrNO2/c1-11(19-17(20)15-8-9-16(18)21-15)13-7-6-12-4-2-3-5-14(12)10-13/h2-11H,1H3,(H,19,20)/t11-/m1/s1. The summed E-state index contributed by atoms with van der Waals surface area (Å²) >= 11 is 3.19. The average Bonchev–Trinajstić information content (AvgIpc) is 2.93. The van der Waals surface area contributed by atoms with Crippen molar-refractivity contribution in [2.45, 2.75) is 13.0 Å². The second kappa shape index (κ2) is 5.74. The number of amides is 1. The van der Waals surface area contributed by atoms with Crippen molar-refractivity contribution >= 4 is 32.6 Å². The molecule has 1 N–H and O–H groups in total. The average molecular weight is 344 g/mol. The third-order valence-electron chi connectivity index (χ3n) is 3.42. The first-order chi connectivity index (χ1) is 10.1. The summed E-state index contributed by atoms with van der Waals surface area (Å²) in [6.07, 6.45) is 0. The van der Waals surface area contributed by atoms with Crippen LogP contribution in [-0.2, 0) is 0 Å². The number of benzene rings is 2. The highest BCUT2D eigenvalue weighted by atomic mass is 79.9. The van der Waals surface area contributed by atoms with Gasteiger partial charge in [0.25, 0.3) is 5.91 Å². The normalized spacial score (nSPS) is 12.3. The van der Waals surface area contributed by atoms with Gasteiger partial charge in [0, 0.05) is 0 Å². The van der Waals surface area contributed by atoms with Crippen LogP contribution >= 0.6 is 15.9 Å². The van der Waals surface area contributed by atoms with Crippen LogP contribution in [-0.4, -0.2) is 5.91 Å². The smallest absolute Gasteiger partial charge is 0.287 e. The quantitative estimate of drug-likeness (QED) is 0.749. The molecule has 0 aliphatic rings. The Morgan fingerprint density at radius 3 is 2.57 bits per heavy atom. The van der Waals surface area contributed by atoms with Crippen LogP contribution < -0.4 is 5.32 Å². The molecule has 1 amide bonds. The van der Waals surface area contributed by atoms with Crippen LogP contribution in [0, 0.1) is 0 Å². The minimum Gasteiger partial charge on any atom is -0.444 e. The molecule has 3 aromatic rings. The molecule has 0 spiro atoms. The van der Waals surface area contributed by atoms with E-state index in [1.807, 2.05) is 25.1 Å². The van der Waals surface area contributed by atoms with Gasteiger partial charge >= 0.3 is 0 Å². The number of carbonyl (C=O) groups excluding carboxylic acids is 1. The van der Waals surface area contributed by atoms with Crippen molar-refractivity contribution in [2.24, 2.45) is 0 Å². The van der Waals surface area contributed by atoms with Gasteiger partial charge in [0.15, 0.2) is 10.4 Å². The van der Waals surface area contributed by atoms with Gasteiger partial charge in [-0.2, -0.15) is 0 Å². The van der Waals surface area contributed by atoms with E-state index in [2.05, 4.69) is 45.5 Å². The summed E-state index contributed by atoms with van der Waals surface area (Å²) in [5.41, 5.74) is 1.06. The zero-order chi connectivity index (χ0) is 14.8. The predicted molar refractivity (Wildman–Crippen MR) is 86.2 cm³/mol. The molecule has 3 nitrogen and oxygen atoms in total. The molecule has 4 heteroatoms. The Bertz CT molecular complexity index is 794. The number of hydrogen-bond acceptors (Lipinski definition) is 2. The van der Waals surface area contributed by atoms with E-state index in [0.29, 0.717) is 10.4 Å². The van der Waals surface area contributed by atoms with E-state index in [9.17, 15) is 4.79 Å². The monoisotopic (exact) mass is 343 g/mol. The summed E-state index contributed by atoms with van der Waals surface area (Å²) in [6, 6.07) is 17.6. The number of carbonyl (C=O) groups is 1. The molecule has 3 rings (SSSR count). The summed E-state index contributed by atoms with van der Waals surface area (Å²) in [7, 11) is 0. The molecule has 0 fully saturated rings. The predicted octanol–water partition coefficient (Wildman–Crippen LogP) is 4.69. The van der Waals surface area contributed by atoms with E-state index in [4.69, 9.17) is 4.42 Å². The van der Waals surface area contributed by atoms with Gasteiger partial charge in [-0.15, -0.1) is 0 Å². The first kappa shape index (κ1) is 13.9. The van der Waals surface area contributed by atoms with Gasteiger partial charge in [-0.1, -0.05) is 36.4 Å². The molecule has 1 atom stereocenters. The largest absolute Gasteiger partial charge is 0.444 e. The van der Waals surface area contributed by atoms with E-state index in [1.165, 1.54) is 5.39 Å². The molecule has 0 bridgehead atoms. The molecule has 0 saturated carbocycles. The minimum absolute atomic E-state index is 0.0917. The van der Waals surface area contributed by atoms with Crippen molar-refractivity contribution in [2.75, 3.05) is 0 Å². The van der Waals surface area contributed by atoms with E-state index in [0.717, 1.165) is 10.9 Å². The Labute approximate surface area is 131 Å². The van der Waals surface area contributed by atoms with Gasteiger partial charge in [0.2, 0.25) is 0 Å². The number of fused-ring (bicyclic) bond motifs is 1. The van der Waals surface area contributed by atoms with Crippen molar-refractivity contribution in [3.63, 3.8) is 0 Å². The number of nitrogens with one attached hydrogen (secondary N) is 1. The molecule has 0 unspecified atom stereocenters. The minimum atomic E-state index is -0.221. The Morgan fingerprint density at radius 2 is 1.86 bits per heavy atom. The second-order valence-electron chi connectivity index (χ2n) is 4.91. The molecule has 21 heavy (non-hydrogen) atoms. The van der Waals surface area contributed by atoms with Crippen molar-refractivity contribution < 1.29 is 9.21 Å². The van der Waals surface area contributed by atoms with Gasteiger partial charge in [0.05, 0.1) is 6.04 Å². The van der Waals surface area contributed by atoms with Crippen LogP contribution in [0.3, 0.4) is 0 Å². The third-order valence-corrected chi connectivity index (χ3v) is 3.84. The Kier molecular flexibility index (Phi) is 3.80. The van der Waals surface area contributed by atoms with Crippen molar-refractivity contribution in [1.82, 2.24) is 5.32 Å². The molecule has 0 saturated heterocycles. The molecular formula is C17H14BrNO2.